The number of benzene rings is 1. The number of hydrogen-bond donors (Lipinski definition) is 1. The highest BCUT2D eigenvalue weighted by Crippen LogP contribution is 2.23. The third kappa shape index (κ3) is 3.78. The summed E-state index contributed by atoms with van der Waals surface area (Å²) in [5.74, 6) is 1.58. The minimum Gasteiger partial charge on any atom is -0.485 e. The zero-order chi connectivity index (χ0) is 17.1. The Morgan fingerprint density at radius 2 is 2.17 bits per heavy atom. The zero-order valence-corrected chi connectivity index (χ0v) is 14.0. The Labute approximate surface area is 144 Å². The maximum atomic E-state index is 12.1. The molecule has 1 aromatic carbocycles. The van der Waals surface area contributed by atoms with Crippen LogP contribution >= 0.6 is 11.6 Å². The molecule has 0 saturated carbocycles. The standard InChI is InChI=1S/C17H16ClN3O3/c1-11-9-12(18)3-5-14(11)23-10-13-4-6-15(24-13)17(22)19-16-7-8-21(2)20-16/h3-9H,10H2,1-2H3,(H,19,20,22). The number of furan rings is 1. The number of halogens is 1. The number of hydrogen-bond acceptors (Lipinski definition) is 4. The summed E-state index contributed by atoms with van der Waals surface area (Å²) < 4.78 is 12.8. The number of rotatable bonds is 5. The summed E-state index contributed by atoms with van der Waals surface area (Å²) in [5.41, 5.74) is 0.933. The molecule has 0 unspecified atom stereocenters. The van der Waals surface area contributed by atoms with Crippen molar-refractivity contribution in [2.45, 2.75) is 13.5 Å². The van der Waals surface area contributed by atoms with Crippen molar-refractivity contribution < 1.29 is 13.9 Å². The Bertz CT molecular complexity index is 870. The van der Waals surface area contributed by atoms with Crippen molar-refractivity contribution in [3.8, 4) is 5.75 Å². The zero-order valence-electron chi connectivity index (χ0n) is 13.2. The summed E-state index contributed by atoms with van der Waals surface area (Å²) in [4.78, 5) is 12.1. The van der Waals surface area contributed by atoms with Gasteiger partial charge in [0.1, 0.15) is 18.1 Å². The molecule has 1 N–H and O–H groups in total. The molecule has 0 aliphatic rings. The van der Waals surface area contributed by atoms with Gasteiger partial charge in [-0.1, -0.05) is 11.6 Å². The Morgan fingerprint density at radius 3 is 2.88 bits per heavy atom. The maximum Gasteiger partial charge on any atom is 0.292 e. The number of aromatic nitrogens is 2. The normalized spacial score (nSPS) is 10.6. The van der Waals surface area contributed by atoms with E-state index in [-0.39, 0.29) is 18.3 Å². The van der Waals surface area contributed by atoms with E-state index >= 15 is 0 Å². The van der Waals surface area contributed by atoms with E-state index in [2.05, 4.69) is 10.4 Å². The molecule has 0 radical (unpaired) electrons. The highest BCUT2D eigenvalue weighted by molar-refractivity contribution is 6.30. The average Bonchev–Trinajstić information content (AvgIpc) is 3.15. The lowest BCUT2D eigenvalue weighted by Gasteiger charge is -2.07. The van der Waals surface area contributed by atoms with Crippen LogP contribution in [0.5, 0.6) is 5.75 Å². The lowest BCUT2D eigenvalue weighted by molar-refractivity contribution is 0.0992. The van der Waals surface area contributed by atoms with Gasteiger partial charge in [0.25, 0.3) is 5.91 Å². The summed E-state index contributed by atoms with van der Waals surface area (Å²) in [5, 5.41) is 7.40. The number of carbonyl (C=O) groups is 1. The van der Waals surface area contributed by atoms with Crippen LogP contribution in [0.1, 0.15) is 21.9 Å². The summed E-state index contributed by atoms with van der Waals surface area (Å²) in [6.07, 6.45) is 1.74. The molecular weight excluding hydrogens is 330 g/mol. The lowest BCUT2D eigenvalue weighted by atomic mass is 10.2. The first-order valence-electron chi connectivity index (χ1n) is 7.30. The van der Waals surface area contributed by atoms with Crippen molar-refractivity contribution in [1.82, 2.24) is 9.78 Å². The fourth-order valence-electron chi connectivity index (χ4n) is 2.16. The molecule has 124 valence electrons. The average molecular weight is 346 g/mol. The fraction of sp³-hybridized carbons (Fsp3) is 0.176. The van der Waals surface area contributed by atoms with Crippen molar-refractivity contribution in [2.24, 2.45) is 7.05 Å². The van der Waals surface area contributed by atoms with Crippen molar-refractivity contribution >= 4 is 23.3 Å². The Kier molecular flexibility index (Phi) is 4.57. The molecule has 3 aromatic rings. The Hall–Kier alpha value is -2.73. The highest BCUT2D eigenvalue weighted by atomic mass is 35.5. The molecule has 0 fully saturated rings. The van der Waals surface area contributed by atoms with Crippen LogP contribution in [0.15, 0.2) is 47.0 Å². The summed E-state index contributed by atoms with van der Waals surface area (Å²) >= 11 is 5.92. The van der Waals surface area contributed by atoms with E-state index in [1.54, 1.807) is 48.3 Å². The predicted octanol–water partition coefficient (Wildman–Crippen LogP) is 3.81. The number of nitrogens with one attached hydrogen (secondary N) is 1. The van der Waals surface area contributed by atoms with Gasteiger partial charge in [-0.3, -0.25) is 9.48 Å². The van der Waals surface area contributed by atoms with Crippen molar-refractivity contribution in [3.63, 3.8) is 0 Å². The first-order chi connectivity index (χ1) is 11.5. The number of carbonyl (C=O) groups excluding carboxylic acids is 1. The van der Waals surface area contributed by atoms with Gasteiger partial charge in [0.15, 0.2) is 11.6 Å². The van der Waals surface area contributed by atoms with Crippen LogP contribution in [-0.2, 0) is 13.7 Å². The molecule has 1 amide bonds. The van der Waals surface area contributed by atoms with Crippen LogP contribution in [0.3, 0.4) is 0 Å². The predicted molar refractivity (Wildman–Crippen MR) is 90.4 cm³/mol. The molecule has 0 spiro atoms. The van der Waals surface area contributed by atoms with Gasteiger partial charge in [0, 0.05) is 24.3 Å². The van der Waals surface area contributed by atoms with Crippen molar-refractivity contribution in [1.29, 1.82) is 0 Å². The second-order valence-electron chi connectivity index (χ2n) is 5.29. The van der Waals surface area contributed by atoms with Gasteiger partial charge in [0.2, 0.25) is 0 Å². The smallest absolute Gasteiger partial charge is 0.292 e. The van der Waals surface area contributed by atoms with Crippen LogP contribution in [0.2, 0.25) is 5.02 Å². The number of ether oxygens (including phenoxy) is 1. The number of aryl methyl sites for hydroxylation is 2. The third-order valence-corrected chi connectivity index (χ3v) is 3.58. The van der Waals surface area contributed by atoms with Crippen LogP contribution < -0.4 is 10.1 Å². The highest BCUT2D eigenvalue weighted by Gasteiger charge is 2.13. The minimum atomic E-state index is -0.359. The molecule has 3 rings (SSSR count). The van der Waals surface area contributed by atoms with E-state index in [0.717, 1.165) is 11.3 Å². The number of nitrogens with zero attached hydrogens (tertiary/aromatic N) is 2. The molecule has 0 aliphatic carbocycles. The topological polar surface area (TPSA) is 69.3 Å². The molecule has 0 bridgehead atoms. The van der Waals surface area contributed by atoms with Gasteiger partial charge < -0.3 is 14.5 Å². The molecule has 0 atom stereocenters. The SMILES string of the molecule is Cc1cc(Cl)ccc1OCc1ccc(C(=O)Nc2ccn(C)n2)o1. The van der Waals surface area contributed by atoms with E-state index < -0.39 is 0 Å². The minimum absolute atomic E-state index is 0.201. The largest absolute Gasteiger partial charge is 0.485 e. The molecule has 0 aliphatic heterocycles. The monoisotopic (exact) mass is 345 g/mol. The van der Waals surface area contributed by atoms with E-state index in [9.17, 15) is 4.79 Å². The van der Waals surface area contributed by atoms with Gasteiger partial charge in [-0.05, 0) is 42.8 Å². The van der Waals surface area contributed by atoms with Gasteiger partial charge in [0.05, 0.1) is 0 Å². The van der Waals surface area contributed by atoms with E-state index in [0.29, 0.717) is 16.6 Å². The molecular formula is C17H16ClN3O3. The van der Waals surface area contributed by atoms with Crippen LogP contribution in [0, 0.1) is 6.92 Å². The van der Waals surface area contributed by atoms with Gasteiger partial charge in [-0.15, -0.1) is 0 Å². The summed E-state index contributed by atoms with van der Waals surface area (Å²) in [6.45, 7) is 2.13. The quantitative estimate of drug-likeness (QED) is 0.763. The second kappa shape index (κ2) is 6.80. The van der Waals surface area contributed by atoms with Gasteiger partial charge in [-0.25, -0.2) is 0 Å². The summed E-state index contributed by atoms with van der Waals surface area (Å²) in [7, 11) is 1.77. The molecule has 0 saturated heterocycles. The third-order valence-electron chi connectivity index (χ3n) is 3.35. The van der Waals surface area contributed by atoms with Crippen molar-refractivity contribution in [2.75, 3.05) is 5.32 Å². The fourth-order valence-corrected chi connectivity index (χ4v) is 2.39. The number of anilines is 1. The van der Waals surface area contributed by atoms with Gasteiger partial charge in [-0.2, -0.15) is 5.10 Å². The Balaban J connectivity index is 1.61. The van der Waals surface area contributed by atoms with E-state index in [1.165, 1.54) is 0 Å². The van der Waals surface area contributed by atoms with Crippen molar-refractivity contribution in [3.05, 3.63) is 64.7 Å². The number of amides is 1. The van der Waals surface area contributed by atoms with Crippen LogP contribution in [0.4, 0.5) is 5.82 Å². The molecule has 7 heteroatoms. The maximum absolute atomic E-state index is 12.1. The first kappa shape index (κ1) is 16.1. The second-order valence-corrected chi connectivity index (χ2v) is 5.73. The lowest BCUT2D eigenvalue weighted by Crippen LogP contribution is -2.11. The Morgan fingerprint density at radius 1 is 1.33 bits per heavy atom. The molecule has 24 heavy (non-hydrogen) atoms. The van der Waals surface area contributed by atoms with Crippen LogP contribution in [0.25, 0.3) is 0 Å². The molecule has 6 nitrogen and oxygen atoms in total. The van der Waals surface area contributed by atoms with E-state index in [4.69, 9.17) is 20.8 Å². The molecule has 2 aromatic heterocycles. The first-order valence-corrected chi connectivity index (χ1v) is 7.68. The summed E-state index contributed by atoms with van der Waals surface area (Å²) in [6, 6.07) is 10.4. The molecule has 2 heterocycles. The van der Waals surface area contributed by atoms with E-state index in [1.807, 2.05) is 13.0 Å². The van der Waals surface area contributed by atoms with Crippen LogP contribution in [-0.4, -0.2) is 15.7 Å². The van der Waals surface area contributed by atoms with Gasteiger partial charge >= 0.3 is 0 Å².